The minimum absolute atomic E-state index is 0.000255. The molecule has 1 atom stereocenters. The zero-order chi connectivity index (χ0) is 18.8. The van der Waals surface area contributed by atoms with Crippen molar-refractivity contribution in [2.75, 3.05) is 13.2 Å². The number of H-pyrrole nitrogens is 1. The van der Waals surface area contributed by atoms with Gasteiger partial charge in [0.1, 0.15) is 5.39 Å². The second-order valence-corrected chi connectivity index (χ2v) is 7.77. The van der Waals surface area contributed by atoms with Crippen LogP contribution in [0.1, 0.15) is 47.7 Å². The molecule has 5 rings (SSSR count). The highest BCUT2D eigenvalue weighted by molar-refractivity contribution is 5.73. The van der Waals surface area contributed by atoms with E-state index in [2.05, 4.69) is 41.0 Å². The number of aromatic nitrogens is 4. The Bertz CT molecular complexity index is 1080. The van der Waals surface area contributed by atoms with E-state index in [-0.39, 0.29) is 30.1 Å². The van der Waals surface area contributed by atoms with Crippen molar-refractivity contribution < 1.29 is 9.13 Å². The number of halogens is 1. The molecule has 2 fully saturated rings. The van der Waals surface area contributed by atoms with Gasteiger partial charge in [-0.2, -0.15) is 0 Å². The fourth-order valence-corrected chi connectivity index (χ4v) is 3.97. The van der Waals surface area contributed by atoms with Gasteiger partial charge in [0.15, 0.2) is 17.1 Å². The van der Waals surface area contributed by atoms with E-state index in [4.69, 9.17) is 4.74 Å². The summed E-state index contributed by atoms with van der Waals surface area (Å²) in [6, 6.07) is 4.39. The SMILES string of the molecule is Cc1cc(C2CC2)cc(C)c1-n1cc2c(=O)[nH]c([C@]3(F)CCOC3)nc2n1. The molecule has 1 aromatic carbocycles. The second-order valence-electron chi connectivity index (χ2n) is 7.77. The molecule has 1 aliphatic heterocycles. The van der Waals surface area contributed by atoms with E-state index in [1.54, 1.807) is 10.9 Å². The molecule has 140 valence electrons. The van der Waals surface area contributed by atoms with Crippen molar-refractivity contribution in [2.24, 2.45) is 0 Å². The standard InChI is InChI=1S/C20H21FN4O2/c1-11-7-14(13-3-4-13)8-12(2)16(11)25-9-15-17(24-25)22-19(23-18(15)26)20(21)5-6-27-10-20/h7-9,13H,3-6,10H2,1-2H3,(H,22,23,24,26)/t20-/m0/s1. The predicted octanol–water partition coefficient (Wildman–Crippen LogP) is 3.19. The maximum Gasteiger partial charge on any atom is 0.262 e. The predicted molar refractivity (Wildman–Crippen MR) is 99.2 cm³/mol. The lowest BCUT2D eigenvalue weighted by atomic mass is 10.0. The number of rotatable bonds is 3. The van der Waals surface area contributed by atoms with Crippen LogP contribution in [0.2, 0.25) is 0 Å². The van der Waals surface area contributed by atoms with Gasteiger partial charge >= 0.3 is 0 Å². The first-order valence-corrected chi connectivity index (χ1v) is 9.33. The van der Waals surface area contributed by atoms with E-state index in [1.165, 1.54) is 18.4 Å². The van der Waals surface area contributed by atoms with E-state index in [9.17, 15) is 9.18 Å². The molecule has 1 aliphatic carbocycles. The van der Waals surface area contributed by atoms with Crippen LogP contribution < -0.4 is 5.56 Å². The third-order valence-electron chi connectivity index (χ3n) is 5.58. The minimum atomic E-state index is -1.76. The summed E-state index contributed by atoms with van der Waals surface area (Å²) in [5.41, 5.74) is 2.63. The molecule has 27 heavy (non-hydrogen) atoms. The van der Waals surface area contributed by atoms with Gasteiger partial charge in [0, 0.05) is 12.6 Å². The Hall–Kier alpha value is -2.54. The average Bonchev–Trinajstić information content (AvgIpc) is 3.24. The summed E-state index contributed by atoms with van der Waals surface area (Å²) in [4.78, 5) is 19.4. The van der Waals surface area contributed by atoms with Gasteiger partial charge in [-0.15, -0.1) is 5.10 Å². The molecule has 0 spiro atoms. The summed E-state index contributed by atoms with van der Waals surface area (Å²) in [6.07, 6.45) is 4.36. The number of hydrogen-bond acceptors (Lipinski definition) is 4. The van der Waals surface area contributed by atoms with Crippen LogP contribution in [0.3, 0.4) is 0 Å². The first-order valence-electron chi connectivity index (χ1n) is 9.33. The highest BCUT2D eigenvalue weighted by Crippen LogP contribution is 2.41. The molecule has 0 radical (unpaired) electrons. The highest BCUT2D eigenvalue weighted by Gasteiger charge is 2.40. The van der Waals surface area contributed by atoms with Crippen LogP contribution >= 0.6 is 0 Å². The van der Waals surface area contributed by atoms with Crippen molar-refractivity contribution in [3.8, 4) is 5.69 Å². The molecule has 1 saturated heterocycles. The van der Waals surface area contributed by atoms with Gasteiger partial charge in [0.2, 0.25) is 0 Å². The number of benzene rings is 1. The van der Waals surface area contributed by atoms with E-state index >= 15 is 0 Å². The molecule has 7 heteroatoms. The third kappa shape index (κ3) is 2.68. The van der Waals surface area contributed by atoms with Crippen LogP contribution in [0.5, 0.6) is 0 Å². The van der Waals surface area contributed by atoms with Gasteiger partial charge in [0.05, 0.1) is 18.9 Å². The number of alkyl halides is 1. The van der Waals surface area contributed by atoms with Gasteiger partial charge in [-0.25, -0.2) is 14.1 Å². The fourth-order valence-electron chi connectivity index (χ4n) is 3.97. The second kappa shape index (κ2) is 5.73. The zero-order valence-corrected chi connectivity index (χ0v) is 15.4. The average molecular weight is 368 g/mol. The Labute approximate surface area is 155 Å². The quantitative estimate of drug-likeness (QED) is 0.771. The number of aryl methyl sites for hydroxylation is 2. The maximum absolute atomic E-state index is 14.9. The van der Waals surface area contributed by atoms with Gasteiger partial charge in [0.25, 0.3) is 5.56 Å². The van der Waals surface area contributed by atoms with Crippen molar-refractivity contribution in [3.63, 3.8) is 0 Å². The topological polar surface area (TPSA) is 72.8 Å². The van der Waals surface area contributed by atoms with Crippen LogP contribution in [0.15, 0.2) is 23.1 Å². The molecule has 6 nitrogen and oxygen atoms in total. The summed E-state index contributed by atoms with van der Waals surface area (Å²) >= 11 is 0. The molecule has 0 unspecified atom stereocenters. The van der Waals surface area contributed by atoms with Crippen LogP contribution in [0, 0.1) is 13.8 Å². The molecule has 1 N–H and O–H groups in total. The largest absolute Gasteiger partial charge is 0.377 e. The van der Waals surface area contributed by atoms with Crippen LogP contribution in [0.4, 0.5) is 4.39 Å². The first kappa shape index (κ1) is 16.6. The van der Waals surface area contributed by atoms with E-state index in [0.717, 1.165) is 16.8 Å². The van der Waals surface area contributed by atoms with E-state index < -0.39 is 5.67 Å². The summed E-state index contributed by atoms with van der Waals surface area (Å²) in [6.45, 7) is 4.33. The third-order valence-corrected chi connectivity index (χ3v) is 5.58. The monoisotopic (exact) mass is 368 g/mol. The lowest BCUT2D eigenvalue weighted by Crippen LogP contribution is -2.26. The smallest absolute Gasteiger partial charge is 0.262 e. The molecule has 1 saturated carbocycles. The van der Waals surface area contributed by atoms with Crippen LogP contribution in [-0.2, 0) is 10.4 Å². The summed E-state index contributed by atoms with van der Waals surface area (Å²) < 4.78 is 21.8. The molecule has 3 heterocycles. The Balaban J connectivity index is 1.63. The van der Waals surface area contributed by atoms with Crippen molar-refractivity contribution in [2.45, 2.75) is 44.7 Å². The number of hydrogen-bond donors (Lipinski definition) is 1. The summed E-state index contributed by atoms with van der Waals surface area (Å²) in [7, 11) is 0. The van der Waals surface area contributed by atoms with Crippen LogP contribution in [0.25, 0.3) is 16.7 Å². The van der Waals surface area contributed by atoms with Crippen molar-refractivity contribution in [1.82, 2.24) is 19.7 Å². The van der Waals surface area contributed by atoms with Gasteiger partial charge in [-0.1, -0.05) is 12.1 Å². The number of nitrogens with one attached hydrogen (secondary N) is 1. The molecule has 0 bridgehead atoms. The Morgan fingerprint density at radius 2 is 2.04 bits per heavy atom. The lowest BCUT2D eigenvalue weighted by Gasteiger charge is -2.15. The lowest BCUT2D eigenvalue weighted by molar-refractivity contribution is 0.104. The molecule has 2 aliphatic rings. The number of aromatic amines is 1. The number of fused-ring (bicyclic) bond motifs is 1. The maximum atomic E-state index is 14.9. The fraction of sp³-hybridized carbons (Fsp3) is 0.450. The Morgan fingerprint density at radius 3 is 2.67 bits per heavy atom. The Kier molecular flexibility index (Phi) is 3.53. The molecule has 0 amide bonds. The summed E-state index contributed by atoms with van der Waals surface area (Å²) in [5.74, 6) is 0.676. The molecule has 3 aromatic rings. The van der Waals surface area contributed by atoms with Crippen molar-refractivity contribution in [1.29, 1.82) is 0 Å². The first-order chi connectivity index (χ1) is 12.9. The van der Waals surface area contributed by atoms with E-state index in [1.807, 2.05) is 0 Å². The number of nitrogens with zero attached hydrogens (tertiary/aromatic N) is 3. The number of ether oxygens (including phenoxy) is 1. The van der Waals surface area contributed by atoms with E-state index in [0.29, 0.717) is 17.9 Å². The molecular formula is C20H21FN4O2. The van der Waals surface area contributed by atoms with Crippen molar-refractivity contribution >= 4 is 11.0 Å². The van der Waals surface area contributed by atoms with Crippen LogP contribution in [-0.4, -0.2) is 33.0 Å². The molecule has 2 aromatic heterocycles. The molecular weight excluding hydrogens is 347 g/mol. The summed E-state index contributed by atoms with van der Waals surface area (Å²) in [5, 5.41) is 4.85. The normalized spacial score (nSPS) is 22.6. The van der Waals surface area contributed by atoms with Gasteiger partial charge in [-0.3, -0.25) is 4.79 Å². The Morgan fingerprint density at radius 1 is 1.30 bits per heavy atom. The highest BCUT2D eigenvalue weighted by atomic mass is 19.1. The van der Waals surface area contributed by atoms with Crippen molar-refractivity contribution in [3.05, 3.63) is 51.2 Å². The van der Waals surface area contributed by atoms with Gasteiger partial charge in [-0.05, 0) is 49.3 Å². The minimum Gasteiger partial charge on any atom is -0.377 e. The van der Waals surface area contributed by atoms with Gasteiger partial charge < -0.3 is 9.72 Å². The zero-order valence-electron chi connectivity index (χ0n) is 15.4.